The van der Waals surface area contributed by atoms with Gasteiger partial charge in [-0.25, -0.2) is 8.42 Å². The number of benzene rings is 1. The number of piperidine rings is 1. The summed E-state index contributed by atoms with van der Waals surface area (Å²) >= 11 is 6.06. The summed E-state index contributed by atoms with van der Waals surface area (Å²) < 4.78 is 26.9. The molecule has 3 nitrogen and oxygen atoms in total. The van der Waals surface area contributed by atoms with E-state index in [9.17, 15) is 8.42 Å². The van der Waals surface area contributed by atoms with E-state index < -0.39 is 10.0 Å². The van der Waals surface area contributed by atoms with Gasteiger partial charge in [0.15, 0.2) is 0 Å². The molecule has 19 heavy (non-hydrogen) atoms. The van der Waals surface area contributed by atoms with Crippen LogP contribution in [0, 0.1) is 0 Å². The van der Waals surface area contributed by atoms with Gasteiger partial charge in [-0.2, -0.15) is 4.31 Å². The fourth-order valence-electron chi connectivity index (χ4n) is 2.83. The maximum Gasteiger partial charge on any atom is 0.218 e. The summed E-state index contributed by atoms with van der Waals surface area (Å²) in [7, 11) is -3.31. The van der Waals surface area contributed by atoms with E-state index >= 15 is 0 Å². The molecule has 0 aromatic heterocycles. The Balaban J connectivity index is 2.25. The number of hydrogen-bond donors (Lipinski definition) is 0. The largest absolute Gasteiger partial charge is 0.218 e. The predicted octanol–water partition coefficient (Wildman–Crippen LogP) is 3.43. The topological polar surface area (TPSA) is 37.4 Å². The lowest BCUT2D eigenvalue weighted by Crippen LogP contribution is -2.47. The molecular formula is C14H20ClNO2S. The highest BCUT2D eigenvalue weighted by Crippen LogP contribution is 2.28. The normalized spacial score (nSPS) is 25.4. The average Bonchev–Trinajstić information content (AvgIpc) is 2.31. The third kappa shape index (κ3) is 3.30. The van der Waals surface area contributed by atoms with Crippen LogP contribution < -0.4 is 0 Å². The fourth-order valence-corrected chi connectivity index (χ4v) is 5.22. The third-order valence-corrected chi connectivity index (χ3v) is 6.14. The van der Waals surface area contributed by atoms with Crippen molar-refractivity contribution in [2.24, 2.45) is 0 Å². The van der Waals surface area contributed by atoms with Gasteiger partial charge < -0.3 is 0 Å². The molecule has 2 rings (SSSR count). The van der Waals surface area contributed by atoms with Crippen LogP contribution in [-0.4, -0.2) is 24.8 Å². The molecule has 1 aliphatic heterocycles. The van der Waals surface area contributed by atoms with Crippen molar-refractivity contribution in [2.75, 3.05) is 0 Å². The molecule has 1 aromatic carbocycles. The van der Waals surface area contributed by atoms with Crippen molar-refractivity contribution in [1.82, 2.24) is 4.31 Å². The maximum atomic E-state index is 12.6. The molecule has 5 heteroatoms. The minimum atomic E-state index is -3.31. The molecular weight excluding hydrogens is 282 g/mol. The van der Waals surface area contributed by atoms with Gasteiger partial charge in [0.05, 0.1) is 5.75 Å². The Morgan fingerprint density at radius 2 is 1.79 bits per heavy atom. The fraction of sp³-hybridized carbons (Fsp3) is 0.571. The van der Waals surface area contributed by atoms with Crippen LogP contribution in [-0.2, 0) is 15.8 Å². The van der Waals surface area contributed by atoms with E-state index in [1.807, 2.05) is 26.0 Å². The lowest BCUT2D eigenvalue weighted by Gasteiger charge is -2.37. The van der Waals surface area contributed by atoms with Crippen molar-refractivity contribution >= 4 is 21.6 Å². The van der Waals surface area contributed by atoms with Gasteiger partial charge in [0.2, 0.25) is 10.0 Å². The molecule has 2 atom stereocenters. The van der Waals surface area contributed by atoms with Crippen LogP contribution in [0.5, 0.6) is 0 Å². The average molecular weight is 302 g/mol. The van der Waals surface area contributed by atoms with Crippen molar-refractivity contribution < 1.29 is 8.42 Å². The molecule has 1 heterocycles. The van der Waals surface area contributed by atoms with Gasteiger partial charge in [-0.1, -0.05) is 36.2 Å². The Morgan fingerprint density at radius 1 is 1.21 bits per heavy atom. The van der Waals surface area contributed by atoms with Crippen LogP contribution in [0.25, 0.3) is 0 Å². The van der Waals surface area contributed by atoms with E-state index in [1.165, 1.54) is 0 Å². The van der Waals surface area contributed by atoms with Gasteiger partial charge in [-0.3, -0.25) is 0 Å². The Kier molecular flexibility index (Phi) is 4.54. The zero-order chi connectivity index (χ0) is 14.0. The van der Waals surface area contributed by atoms with Crippen molar-refractivity contribution in [3.8, 4) is 0 Å². The van der Waals surface area contributed by atoms with E-state index in [2.05, 4.69) is 0 Å². The van der Waals surface area contributed by atoms with Gasteiger partial charge in [-0.05, 0) is 38.3 Å². The van der Waals surface area contributed by atoms with Crippen LogP contribution in [0.15, 0.2) is 24.3 Å². The lowest BCUT2D eigenvalue weighted by atomic mass is 10.0. The number of sulfonamides is 1. The molecule has 2 unspecified atom stereocenters. The van der Waals surface area contributed by atoms with Crippen molar-refractivity contribution in [1.29, 1.82) is 0 Å². The minimum Gasteiger partial charge on any atom is -0.212 e. The first kappa shape index (κ1) is 14.8. The van der Waals surface area contributed by atoms with Gasteiger partial charge in [0.1, 0.15) is 0 Å². The zero-order valence-corrected chi connectivity index (χ0v) is 12.9. The Morgan fingerprint density at radius 3 is 2.37 bits per heavy atom. The molecule has 0 N–H and O–H groups in total. The SMILES string of the molecule is CC1CCCC(C)N1S(=O)(=O)Cc1ccccc1Cl. The summed E-state index contributed by atoms with van der Waals surface area (Å²) in [6.07, 6.45) is 2.97. The van der Waals surface area contributed by atoms with E-state index in [0.29, 0.717) is 10.6 Å². The summed E-state index contributed by atoms with van der Waals surface area (Å²) in [5.74, 6) is -0.0125. The highest BCUT2D eigenvalue weighted by atomic mass is 35.5. The first-order valence-electron chi connectivity index (χ1n) is 6.66. The molecule has 0 bridgehead atoms. The van der Waals surface area contributed by atoms with E-state index in [4.69, 9.17) is 11.6 Å². The second-order valence-electron chi connectivity index (χ2n) is 5.31. The Labute approximate surface area is 120 Å². The van der Waals surface area contributed by atoms with Crippen molar-refractivity contribution in [2.45, 2.75) is 50.9 Å². The van der Waals surface area contributed by atoms with Gasteiger partial charge in [0.25, 0.3) is 0 Å². The monoisotopic (exact) mass is 301 g/mol. The van der Waals surface area contributed by atoms with Crippen molar-refractivity contribution in [3.05, 3.63) is 34.9 Å². The van der Waals surface area contributed by atoms with Crippen LogP contribution >= 0.6 is 11.6 Å². The quantitative estimate of drug-likeness (QED) is 0.857. The Hall–Kier alpha value is -0.580. The molecule has 0 spiro atoms. The van der Waals surface area contributed by atoms with E-state index in [1.54, 1.807) is 16.4 Å². The second kappa shape index (κ2) is 5.81. The van der Waals surface area contributed by atoms with E-state index in [0.717, 1.165) is 19.3 Å². The second-order valence-corrected chi connectivity index (χ2v) is 7.59. The molecule has 0 saturated carbocycles. The molecule has 0 amide bonds. The Bertz CT molecular complexity index is 534. The zero-order valence-electron chi connectivity index (χ0n) is 11.3. The molecule has 0 aliphatic carbocycles. The summed E-state index contributed by atoms with van der Waals surface area (Å²) in [5, 5.41) is 0.517. The van der Waals surface area contributed by atoms with Crippen LogP contribution in [0.1, 0.15) is 38.7 Å². The maximum absolute atomic E-state index is 12.6. The van der Waals surface area contributed by atoms with Gasteiger partial charge in [0, 0.05) is 17.1 Å². The van der Waals surface area contributed by atoms with Crippen LogP contribution in [0.4, 0.5) is 0 Å². The van der Waals surface area contributed by atoms with Gasteiger partial charge in [-0.15, -0.1) is 0 Å². The standard InChI is InChI=1S/C14H20ClNO2S/c1-11-6-5-7-12(2)16(11)19(17,18)10-13-8-3-4-9-14(13)15/h3-4,8-9,11-12H,5-7,10H2,1-2H3. The van der Waals surface area contributed by atoms with Gasteiger partial charge >= 0.3 is 0 Å². The number of halogens is 1. The van der Waals surface area contributed by atoms with E-state index in [-0.39, 0.29) is 17.8 Å². The summed E-state index contributed by atoms with van der Waals surface area (Å²) in [6, 6.07) is 7.30. The summed E-state index contributed by atoms with van der Waals surface area (Å²) in [6.45, 7) is 3.97. The van der Waals surface area contributed by atoms with Crippen molar-refractivity contribution in [3.63, 3.8) is 0 Å². The predicted molar refractivity (Wildman–Crippen MR) is 78.7 cm³/mol. The molecule has 1 aromatic rings. The number of hydrogen-bond acceptors (Lipinski definition) is 2. The number of nitrogens with zero attached hydrogens (tertiary/aromatic N) is 1. The molecule has 1 saturated heterocycles. The molecule has 1 aliphatic rings. The number of rotatable bonds is 3. The minimum absolute atomic E-state index is 0.0125. The van der Waals surface area contributed by atoms with Crippen LogP contribution in [0.3, 0.4) is 0 Å². The molecule has 106 valence electrons. The smallest absolute Gasteiger partial charge is 0.212 e. The highest BCUT2D eigenvalue weighted by Gasteiger charge is 2.34. The van der Waals surface area contributed by atoms with Crippen LogP contribution in [0.2, 0.25) is 5.02 Å². The third-order valence-electron chi connectivity index (χ3n) is 3.73. The summed E-state index contributed by atoms with van der Waals surface area (Å²) in [5.41, 5.74) is 0.675. The first-order chi connectivity index (χ1) is 8.92. The molecule has 1 fully saturated rings. The molecule has 0 radical (unpaired) electrons. The first-order valence-corrected chi connectivity index (χ1v) is 8.65. The summed E-state index contributed by atoms with van der Waals surface area (Å²) in [4.78, 5) is 0. The lowest BCUT2D eigenvalue weighted by molar-refractivity contribution is 0.204. The highest BCUT2D eigenvalue weighted by molar-refractivity contribution is 7.88.